The average molecular weight is 230 g/mol. The molecule has 90 valence electrons. The van der Waals surface area contributed by atoms with Gasteiger partial charge < -0.3 is 9.84 Å². The fraction of sp³-hybridized carbons (Fsp3) is 1.00. The van der Waals surface area contributed by atoms with Crippen LogP contribution < -0.4 is 0 Å². The normalized spacial score (nSPS) is 24.6. The molecule has 0 aromatic rings. The fourth-order valence-electron chi connectivity index (χ4n) is 2.98. The van der Waals surface area contributed by atoms with Crippen LogP contribution in [0.4, 0.5) is 0 Å². The highest BCUT2D eigenvalue weighted by molar-refractivity contribution is 6.77. The summed E-state index contributed by atoms with van der Waals surface area (Å²) in [6, 6.07) is 0. The molecule has 0 bridgehead atoms. The molecular weight excluding hydrogens is 204 g/mol. The van der Waals surface area contributed by atoms with Crippen LogP contribution in [0.2, 0.25) is 19.6 Å². The van der Waals surface area contributed by atoms with Crippen LogP contribution in [0.3, 0.4) is 0 Å². The quantitative estimate of drug-likeness (QED) is 0.596. The molecule has 1 fully saturated rings. The summed E-state index contributed by atoms with van der Waals surface area (Å²) in [5.74, 6) is 0. The van der Waals surface area contributed by atoms with Crippen molar-refractivity contribution in [2.45, 2.75) is 69.5 Å². The van der Waals surface area contributed by atoms with Gasteiger partial charge in [0.2, 0.25) is 0 Å². The largest absolute Gasteiger partial charge is 0.388 e. The van der Waals surface area contributed by atoms with E-state index >= 15 is 0 Å². The first-order chi connectivity index (χ1) is 6.90. The van der Waals surface area contributed by atoms with E-state index in [1.807, 2.05) is 0 Å². The van der Waals surface area contributed by atoms with Gasteiger partial charge in [0.1, 0.15) is 0 Å². The Hall–Kier alpha value is 0.137. The van der Waals surface area contributed by atoms with Crippen molar-refractivity contribution < 1.29 is 9.84 Å². The Balaban J connectivity index is 2.79. The maximum Gasteiger partial charge on any atom is 0.0878 e. The molecule has 0 amide bonds. The summed E-state index contributed by atoms with van der Waals surface area (Å²) in [5.41, 5.74) is -0.460. The van der Waals surface area contributed by atoms with Crippen LogP contribution >= 0.6 is 0 Å². The number of aliphatic hydroxyl groups is 1. The molecule has 1 unspecified atom stereocenters. The van der Waals surface area contributed by atoms with Crippen LogP contribution in [-0.4, -0.2) is 31.6 Å². The van der Waals surface area contributed by atoms with E-state index in [-0.39, 0.29) is 5.73 Å². The molecule has 15 heavy (non-hydrogen) atoms. The summed E-state index contributed by atoms with van der Waals surface area (Å²) < 4.78 is 5.62. The molecule has 0 aromatic heterocycles. The molecule has 2 nitrogen and oxygen atoms in total. The predicted molar refractivity (Wildman–Crippen MR) is 66.8 cm³/mol. The van der Waals surface area contributed by atoms with Gasteiger partial charge in [0.15, 0.2) is 0 Å². The van der Waals surface area contributed by atoms with Crippen molar-refractivity contribution in [1.82, 2.24) is 0 Å². The van der Waals surface area contributed by atoms with E-state index in [1.165, 1.54) is 12.8 Å². The lowest BCUT2D eigenvalue weighted by atomic mass is 9.95. The number of hydrogen-bond acceptors (Lipinski definition) is 2. The molecular formula is C12H26O2Si. The second kappa shape index (κ2) is 4.98. The summed E-state index contributed by atoms with van der Waals surface area (Å²) in [6.07, 6.45) is 6.70. The molecule has 1 saturated carbocycles. The van der Waals surface area contributed by atoms with Crippen molar-refractivity contribution in [1.29, 1.82) is 0 Å². The summed E-state index contributed by atoms with van der Waals surface area (Å²) in [5, 5.41) is 10.8. The van der Waals surface area contributed by atoms with Gasteiger partial charge >= 0.3 is 0 Å². The number of methoxy groups -OCH3 is 1. The van der Waals surface area contributed by atoms with E-state index in [2.05, 4.69) is 19.6 Å². The maximum atomic E-state index is 10.8. The SMILES string of the molecule is COC(C1(O)CCCCCC1)[Si](C)(C)C. The zero-order valence-electron chi connectivity index (χ0n) is 10.7. The van der Waals surface area contributed by atoms with E-state index in [1.54, 1.807) is 7.11 Å². The van der Waals surface area contributed by atoms with E-state index in [4.69, 9.17) is 4.74 Å². The van der Waals surface area contributed by atoms with Crippen molar-refractivity contribution in [3.63, 3.8) is 0 Å². The van der Waals surface area contributed by atoms with Crippen LogP contribution in [-0.2, 0) is 4.74 Å². The van der Waals surface area contributed by atoms with Gasteiger partial charge in [-0.25, -0.2) is 0 Å². The van der Waals surface area contributed by atoms with E-state index < -0.39 is 13.7 Å². The Bertz CT molecular complexity index is 190. The van der Waals surface area contributed by atoms with Crippen LogP contribution in [0.5, 0.6) is 0 Å². The van der Waals surface area contributed by atoms with Gasteiger partial charge in [-0.15, -0.1) is 0 Å². The summed E-state index contributed by atoms with van der Waals surface area (Å²) in [6.45, 7) is 6.85. The highest BCUT2D eigenvalue weighted by atomic mass is 28.3. The molecule has 0 aromatic carbocycles. The zero-order chi connectivity index (χ0) is 11.5. The Morgan fingerprint density at radius 3 is 1.87 bits per heavy atom. The van der Waals surface area contributed by atoms with Crippen LogP contribution in [0.15, 0.2) is 0 Å². The molecule has 1 atom stereocenters. The molecule has 1 aliphatic carbocycles. The second-order valence-corrected chi connectivity index (χ2v) is 11.3. The Labute approximate surface area is 95.0 Å². The molecule has 0 radical (unpaired) electrons. The van der Waals surface area contributed by atoms with Gasteiger partial charge in [0.25, 0.3) is 0 Å². The monoisotopic (exact) mass is 230 g/mol. The van der Waals surface area contributed by atoms with Crippen LogP contribution in [0.25, 0.3) is 0 Å². The minimum Gasteiger partial charge on any atom is -0.388 e. The zero-order valence-corrected chi connectivity index (χ0v) is 11.7. The fourth-order valence-corrected chi connectivity index (χ4v) is 5.59. The van der Waals surface area contributed by atoms with Crippen molar-refractivity contribution in [2.75, 3.05) is 7.11 Å². The lowest BCUT2D eigenvalue weighted by Crippen LogP contribution is -2.56. The first-order valence-corrected chi connectivity index (χ1v) is 9.73. The summed E-state index contributed by atoms with van der Waals surface area (Å²) >= 11 is 0. The Morgan fingerprint density at radius 1 is 1.07 bits per heavy atom. The molecule has 1 rings (SSSR count). The van der Waals surface area contributed by atoms with Gasteiger partial charge in [0.05, 0.1) is 19.4 Å². The standard InChI is InChI=1S/C12H26O2Si/c1-14-11(15(2,3)4)12(13)9-7-5-6-8-10-12/h11,13H,5-10H2,1-4H3. The lowest BCUT2D eigenvalue weighted by Gasteiger charge is -2.41. The molecule has 3 heteroatoms. The van der Waals surface area contributed by atoms with Crippen molar-refractivity contribution >= 4 is 8.07 Å². The topological polar surface area (TPSA) is 29.5 Å². The third-order valence-corrected chi connectivity index (χ3v) is 5.83. The highest BCUT2D eigenvalue weighted by Gasteiger charge is 2.44. The van der Waals surface area contributed by atoms with E-state index in [0.717, 1.165) is 25.7 Å². The minimum absolute atomic E-state index is 0.0862. The van der Waals surface area contributed by atoms with Gasteiger partial charge in [-0.1, -0.05) is 45.3 Å². The first kappa shape index (κ1) is 13.2. The molecule has 1 N–H and O–H groups in total. The van der Waals surface area contributed by atoms with Gasteiger partial charge in [0, 0.05) is 7.11 Å². The third kappa shape index (κ3) is 3.30. The summed E-state index contributed by atoms with van der Waals surface area (Å²) in [4.78, 5) is 0. The van der Waals surface area contributed by atoms with E-state index in [9.17, 15) is 5.11 Å². The lowest BCUT2D eigenvalue weighted by molar-refractivity contribution is -0.0688. The number of rotatable bonds is 3. The Morgan fingerprint density at radius 2 is 1.53 bits per heavy atom. The van der Waals surface area contributed by atoms with Crippen LogP contribution in [0, 0.1) is 0 Å². The predicted octanol–water partition coefficient (Wildman–Crippen LogP) is 2.96. The van der Waals surface area contributed by atoms with Gasteiger partial charge in [-0.05, 0) is 12.8 Å². The van der Waals surface area contributed by atoms with Crippen molar-refractivity contribution in [3.8, 4) is 0 Å². The van der Waals surface area contributed by atoms with Gasteiger partial charge in [-0.2, -0.15) is 0 Å². The molecule has 0 saturated heterocycles. The molecule has 0 aliphatic heterocycles. The molecule has 0 spiro atoms. The number of ether oxygens (including phenoxy) is 1. The van der Waals surface area contributed by atoms with E-state index in [0.29, 0.717) is 0 Å². The maximum absolute atomic E-state index is 10.8. The second-order valence-electron chi connectivity index (χ2n) is 6.00. The van der Waals surface area contributed by atoms with Crippen molar-refractivity contribution in [2.24, 2.45) is 0 Å². The molecule has 0 heterocycles. The minimum atomic E-state index is -1.44. The smallest absolute Gasteiger partial charge is 0.0878 e. The van der Waals surface area contributed by atoms with Gasteiger partial charge in [-0.3, -0.25) is 0 Å². The molecule has 1 aliphatic rings. The summed E-state index contributed by atoms with van der Waals surface area (Å²) in [7, 11) is 0.315. The van der Waals surface area contributed by atoms with Crippen molar-refractivity contribution in [3.05, 3.63) is 0 Å². The number of hydrogen-bond donors (Lipinski definition) is 1. The first-order valence-electron chi connectivity index (χ1n) is 6.15. The highest BCUT2D eigenvalue weighted by Crippen LogP contribution is 2.35. The average Bonchev–Trinajstić information content (AvgIpc) is 2.29. The Kier molecular flexibility index (Phi) is 4.38. The van der Waals surface area contributed by atoms with Crippen LogP contribution in [0.1, 0.15) is 38.5 Å². The third-order valence-electron chi connectivity index (χ3n) is 3.48.